The van der Waals surface area contributed by atoms with Gasteiger partial charge in [-0.3, -0.25) is 0 Å². The summed E-state index contributed by atoms with van der Waals surface area (Å²) in [7, 11) is 0. The maximum Gasteiger partial charge on any atom is 0.208 e. The van der Waals surface area contributed by atoms with Gasteiger partial charge in [0.2, 0.25) is 5.89 Å². The van der Waals surface area contributed by atoms with Crippen LogP contribution < -0.4 is 5.32 Å². The second kappa shape index (κ2) is 5.36. The fourth-order valence-electron chi connectivity index (χ4n) is 1.91. The van der Waals surface area contributed by atoms with Crippen molar-refractivity contribution in [2.75, 3.05) is 0 Å². The molecule has 0 radical (unpaired) electrons. The molecule has 3 heteroatoms. The predicted octanol–water partition coefficient (Wildman–Crippen LogP) is 3.45. The van der Waals surface area contributed by atoms with E-state index in [2.05, 4.69) is 48.4 Å². The maximum absolute atomic E-state index is 5.55. The molecule has 1 aromatic heterocycles. The molecule has 0 aliphatic heterocycles. The van der Waals surface area contributed by atoms with Gasteiger partial charge in [-0.15, -0.1) is 0 Å². The van der Waals surface area contributed by atoms with Crippen LogP contribution in [0.2, 0.25) is 0 Å². The fourth-order valence-corrected chi connectivity index (χ4v) is 1.91. The highest BCUT2D eigenvalue weighted by molar-refractivity contribution is 5.24. The fraction of sp³-hybridized carbons (Fsp3) is 0.400. The number of benzene rings is 1. The molecule has 0 bridgehead atoms. The van der Waals surface area contributed by atoms with Gasteiger partial charge < -0.3 is 9.73 Å². The largest absolute Gasteiger partial charge is 0.444 e. The van der Waals surface area contributed by atoms with Crippen molar-refractivity contribution < 1.29 is 4.42 Å². The van der Waals surface area contributed by atoms with Gasteiger partial charge in [0, 0.05) is 6.04 Å². The molecule has 2 rings (SSSR count). The minimum Gasteiger partial charge on any atom is -0.444 e. The molecule has 1 heterocycles. The molecule has 0 aliphatic carbocycles. The highest BCUT2D eigenvalue weighted by atomic mass is 16.4. The lowest BCUT2D eigenvalue weighted by molar-refractivity contribution is 0.432. The molecule has 1 atom stereocenters. The van der Waals surface area contributed by atoms with Gasteiger partial charge in [0.25, 0.3) is 0 Å². The summed E-state index contributed by atoms with van der Waals surface area (Å²) in [4.78, 5) is 4.36. The van der Waals surface area contributed by atoms with Gasteiger partial charge in [0.05, 0.1) is 12.2 Å². The van der Waals surface area contributed by atoms with Crippen molar-refractivity contribution in [1.82, 2.24) is 10.3 Å². The highest BCUT2D eigenvalue weighted by Gasteiger charge is 2.08. The molecule has 2 aromatic rings. The zero-order valence-electron chi connectivity index (χ0n) is 11.4. The van der Waals surface area contributed by atoms with Gasteiger partial charge >= 0.3 is 0 Å². The van der Waals surface area contributed by atoms with Crippen molar-refractivity contribution >= 4 is 0 Å². The maximum atomic E-state index is 5.55. The van der Waals surface area contributed by atoms with Crippen molar-refractivity contribution in [2.24, 2.45) is 0 Å². The van der Waals surface area contributed by atoms with Crippen molar-refractivity contribution in [3.05, 3.63) is 52.7 Å². The molecule has 96 valence electrons. The Bertz CT molecular complexity index is 512. The number of hydrogen-bond donors (Lipinski definition) is 1. The summed E-state index contributed by atoms with van der Waals surface area (Å²) in [5, 5.41) is 3.43. The van der Waals surface area contributed by atoms with Crippen LogP contribution in [-0.4, -0.2) is 4.98 Å². The minimum atomic E-state index is 0.289. The number of rotatable bonds is 4. The third kappa shape index (κ3) is 2.99. The molecule has 0 aliphatic rings. The van der Waals surface area contributed by atoms with Gasteiger partial charge in [-0.2, -0.15) is 0 Å². The Morgan fingerprint density at radius 2 is 2.06 bits per heavy atom. The zero-order chi connectivity index (χ0) is 13.1. The van der Waals surface area contributed by atoms with E-state index >= 15 is 0 Å². The lowest BCUT2D eigenvalue weighted by atomic mass is 10.1. The van der Waals surface area contributed by atoms with Crippen LogP contribution in [0.4, 0.5) is 0 Å². The van der Waals surface area contributed by atoms with Crippen LogP contribution in [0.3, 0.4) is 0 Å². The van der Waals surface area contributed by atoms with E-state index in [1.165, 1.54) is 11.1 Å². The van der Waals surface area contributed by atoms with Crippen LogP contribution in [0, 0.1) is 20.8 Å². The van der Waals surface area contributed by atoms with Crippen molar-refractivity contribution in [3.8, 4) is 0 Å². The lowest BCUT2D eigenvalue weighted by Crippen LogP contribution is -2.18. The van der Waals surface area contributed by atoms with E-state index in [9.17, 15) is 0 Å². The van der Waals surface area contributed by atoms with Crippen LogP contribution in [0.25, 0.3) is 0 Å². The lowest BCUT2D eigenvalue weighted by Gasteiger charge is -2.13. The van der Waals surface area contributed by atoms with Crippen molar-refractivity contribution in [1.29, 1.82) is 0 Å². The summed E-state index contributed by atoms with van der Waals surface area (Å²) in [5.41, 5.74) is 3.54. The molecule has 0 saturated carbocycles. The number of aromatic nitrogens is 1. The summed E-state index contributed by atoms with van der Waals surface area (Å²) in [5.74, 6) is 1.65. The Labute approximate surface area is 108 Å². The quantitative estimate of drug-likeness (QED) is 0.895. The standard InChI is InChI=1S/C15H20N2O/c1-10-6-5-7-14(8-10)12(3)16-9-15-17-11(2)13(4)18-15/h5-8,12,16H,9H2,1-4H3. The number of nitrogens with zero attached hydrogens (tertiary/aromatic N) is 1. The molecule has 0 spiro atoms. The molecular formula is C15H20N2O. The van der Waals surface area contributed by atoms with Crippen molar-refractivity contribution in [3.63, 3.8) is 0 Å². The number of oxazole rings is 1. The highest BCUT2D eigenvalue weighted by Crippen LogP contribution is 2.15. The van der Waals surface area contributed by atoms with Crippen LogP contribution in [-0.2, 0) is 6.54 Å². The third-order valence-corrected chi connectivity index (χ3v) is 3.17. The van der Waals surface area contributed by atoms with E-state index in [0.717, 1.165) is 17.3 Å². The summed E-state index contributed by atoms with van der Waals surface area (Å²) in [6, 6.07) is 8.82. The Morgan fingerprint density at radius 3 is 2.67 bits per heavy atom. The predicted molar refractivity (Wildman–Crippen MR) is 72.4 cm³/mol. The van der Waals surface area contributed by atoms with E-state index in [1.54, 1.807) is 0 Å². The van der Waals surface area contributed by atoms with Crippen LogP contribution in [0.15, 0.2) is 28.7 Å². The van der Waals surface area contributed by atoms with E-state index in [4.69, 9.17) is 4.42 Å². The number of aryl methyl sites for hydroxylation is 3. The minimum absolute atomic E-state index is 0.289. The summed E-state index contributed by atoms with van der Waals surface area (Å²) < 4.78 is 5.55. The monoisotopic (exact) mass is 244 g/mol. The smallest absolute Gasteiger partial charge is 0.208 e. The Balaban J connectivity index is 1.98. The summed E-state index contributed by atoms with van der Waals surface area (Å²) in [6.07, 6.45) is 0. The van der Waals surface area contributed by atoms with E-state index in [-0.39, 0.29) is 6.04 Å². The number of nitrogens with one attached hydrogen (secondary N) is 1. The van der Waals surface area contributed by atoms with Gasteiger partial charge in [0.1, 0.15) is 5.76 Å². The Morgan fingerprint density at radius 1 is 1.28 bits per heavy atom. The molecule has 1 N–H and O–H groups in total. The first-order valence-corrected chi connectivity index (χ1v) is 6.29. The summed E-state index contributed by atoms with van der Waals surface area (Å²) >= 11 is 0. The topological polar surface area (TPSA) is 38.1 Å². The average Bonchev–Trinajstić information content (AvgIpc) is 2.66. The molecule has 18 heavy (non-hydrogen) atoms. The SMILES string of the molecule is Cc1cccc(C(C)NCc2nc(C)c(C)o2)c1. The van der Waals surface area contributed by atoms with Gasteiger partial charge in [-0.1, -0.05) is 29.8 Å². The average molecular weight is 244 g/mol. The van der Waals surface area contributed by atoms with E-state index < -0.39 is 0 Å². The Kier molecular flexibility index (Phi) is 3.82. The number of hydrogen-bond acceptors (Lipinski definition) is 3. The van der Waals surface area contributed by atoms with Gasteiger partial charge in [0.15, 0.2) is 0 Å². The first-order valence-electron chi connectivity index (χ1n) is 6.29. The molecule has 0 amide bonds. The first-order chi connectivity index (χ1) is 8.56. The molecular weight excluding hydrogens is 224 g/mol. The molecule has 3 nitrogen and oxygen atoms in total. The second-order valence-corrected chi connectivity index (χ2v) is 4.77. The summed E-state index contributed by atoms with van der Waals surface area (Å²) in [6.45, 7) is 8.82. The van der Waals surface area contributed by atoms with E-state index in [1.807, 2.05) is 13.8 Å². The second-order valence-electron chi connectivity index (χ2n) is 4.77. The van der Waals surface area contributed by atoms with Crippen molar-refractivity contribution in [2.45, 2.75) is 40.3 Å². The van der Waals surface area contributed by atoms with Gasteiger partial charge in [-0.05, 0) is 33.3 Å². The molecule has 0 saturated heterocycles. The molecule has 0 fully saturated rings. The van der Waals surface area contributed by atoms with Crippen LogP contribution >= 0.6 is 0 Å². The van der Waals surface area contributed by atoms with Crippen LogP contribution in [0.5, 0.6) is 0 Å². The molecule has 1 aromatic carbocycles. The first kappa shape index (κ1) is 12.8. The van der Waals surface area contributed by atoms with Crippen LogP contribution in [0.1, 0.15) is 41.4 Å². The molecule has 1 unspecified atom stereocenters. The Hall–Kier alpha value is -1.61. The zero-order valence-corrected chi connectivity index (χ0v) is 11.4. The van der Waals surface area contributed by atoms with Gasteiger partial charge in [-0.25, -0.2) is 4.98 Å². The third-order valence-electron chi connectivity index (χ3n) is 3.17. The van der Waals surface area contributed by atoms with E-state index in [0.29, 0.717) is 6.54 Å². The normalized spacial score (nSPS) is 12.7.